The van der Waals surface area contributed by atoms with Crippen LogP contribution in [0.1, 0.15) is 10.4 Å². The lowest BCUT2D eigenvalue weighted by Crippen LogP contribution is -2.20. The summed E-state index contributed by atoms with van der Waals surface area (Å²) in [5.41, 5.74) is 0.989. The Hall–Kier alpha value is -3.02. The van der Waals surface area contributed by atoms with Crippen LogP contribution in [-0.2, 0) is 9.53 Å². The van der Waals surface area contributed by atoms with Gasteiger partial charge in [0.15, 0.2) is 6.61 Å². The number of anilines is 1. The van der Waals surface area contributed by atoms with Crippen LogP contribution in [0.2, 0.25) is 0 Å². The number of carbonyl (C=O) groups is 2. The molecule has 0 spiro atoms. The summed E-state index contributed by atoms with van der Waals surface area (Å²) in [6.07, 6.45) is 0. The van der Waals surface area contributed by atoms with E-state index in [4.69, 9.17) is 9.47 Å². The van der Waals surface area contributed by atoms with Crippen LogP contribution in [0.5, 0.6) is 11.5 Å². The molecule has 0 aliphatic carbocycles. The van der Waals surface area contributed by atoms with Gasteiger partial charge in [-0.1, -0.05) is 12.1 Å². The first-order chi connectivity index (χ1) is 11.1. The Kier molecular flexibility index (Phi) is 5.57. The molecular formula is C17H17NO5. The summed E-state index contributed by atoms with van der Waals surface area (Å²) in [5.74, 6) is 0.313. The minimum Gasteiger partial charge on any atom is -0.495 e. The maximum absolute atomic E-state index is 11.9. The van der Waals surface area contributed by atoms with Crippen LogP contribution in [0.4, 0.5) is 5.69 Å². The molecule has 0 radical (unpaired) electrons. The maximum Gasteiger partial charge on any atom is 0.337 e. The minimum atomic E-state index is -0.425. The summed E-state index contributed by atoms with van der Waals surface area (Å²) in [6.45, 7) is -0.157. The summed E-state index contributed by atoms with van der Waals surface area (Å²) >= 11 is 0. The van der Waals surface area contributed by atoms with E-state index in [1.807, 2.05) is 6.07 Å². The number of ether oxygens (including phenoxy) is 3. The minimum absolute atomic E-state index is 0.157. The van der Waals surface area contributed by atoms with E-state index >= 15 is 0 Å². The van der Waals surface area contributed by atoms with E-state index in [9.17, 15) is 9.59 Å². The topological polar surface area (TPSA) is 73.9 Å². The number of esters is 1. The lowest BCUT2D eigenvalue weighted by molar-refractivity contribution is -0.118. The van der Waals surface area contributed by atoms with Crippen molar-refractivity contribution in [3.05, 3.63) is 54.1 Å². The van der Waals surface area contributed by atoms with E-state index in [0.29, 0.717) is 22.7 Å². The van der Waals surface area contributed by atoms with Gasteiger partial charge < -0.3 is 19.5 Å². The van der Waals surface area contributed by atoms with Crippen LogP contribution in [0.3, 0.4) is 0 Å². The van der Waals surface area contributed by atoms with Crippen LogP contribution in [-0.4, -0.2) is 32.7 Å². The molecule has 0 fully saturated rings. The molecule has 1 N–H and O–H groups in total. The molecule has 23 heavy (non-hydrogen) atoms. The molecule has 2 rings (SSSR count). The van der Waals surface area contributed by atoms with E-state index in [2.05, 4.69) is 10.1 Å². The number of nitrogens with one attached hydrogen (secondary N) is 1. The Labute approximate surface area is 134 Å². The molecule has 1 amide bonds. The number of benzene rings is 2. The summed E-state index contributed by atoms with van der Waals surface area (Å²) in [4.78, 5) is 23.2. The lowest BCUT2D eigenvalue weighted by atomic mass is 10.2. The quantitative estimate of drug-likeness (QED) is 0.829. The summed E-state index contributed by atoms with van der Waals surface area (Å²) in [6, 6.07) is 13.4. The third-order valence-electron chi connectivity index (χ3n) is 3.03. The third-order valence-corrected chi connectivity index (χ3v) is 3.03. The highest BCUT2D eigenvalue weighted by Crippen LogP contribution is 2.22. The monoisotopic (exact) mass is 315 g/mol. The van der Waals surface area contributed by atoms with Crippen molar-refractivity contribution in [3.63, 3.8) is 0 Å². The second-order valence-electron chi connectivity index (χ2n) is 4.55. The Morgan fingerprint density at radius 1 is 1.00 bits per heavy atom. The molecule has 0 bridgehead atoms. The molecular weight excluding hydrogens is 298 g/mol. The van der Waals surface area contributed by atoms with E-state index in [0.717, 1.165) is 0 Å². The van der Waals surface area contributed by atoms with Gasteiger partial charge in [0.25, 0.3) is 5.91 Å². The fourth-order valence-electron chi connectivity index (χ4n) is 1.89. The van der Waals surface area contributed by atoms with Gasteiger partial charge in [0, 0.05) is 0 Å². The Morgan fingerprint density at radius 3 is 2.35 bits per heavy atom. The van der Waals surface area contributed by atoms with E-state index in [-0.39, 0.29) is 12.5 Å². The molecule has 2 aromatic rings. The zero-order chi connectivity index (χ0) is 16.7. The highest BCUT2D eigenvalue weighted by molar-refractivity contribution is 5.93. The number of para-hydroxylation sites is 2. The van der Waals surface area contributed by atoms with Gasteiger partial charge in [-0.05, 0) is 36.4 Å². The first kappa shape index (κ1) is 16.4. The average Bonchev–Trinajstić information content (AvgIpc) is 2.60. The molecule has 0 heterocycles. The Balaban J connectivity index is 1.90. The van der Waals surface area contributed by atoms with Crippen molar-refractivity contribution in [3.8, 4) is 11.5 Å². The lowest BCUT2D eigenvalue weighted by Gasteiger charge is -2.10. The molecule has 0 atom stereocenters. The van der Waals surface area contributed by atoms with Gasteiger partial charge in [-0.2, -0.15) is 0 Å². The van der Waals surface area contributed by atoms with Crippen LogP contribution in [0.25, 0.3) is 0 Å². The molecule has 0 aromatic heterocycles. The highest BCUT2D eigenvalue weighted by atomic mass is 16.5. The second-order valence-corrected chi connectivity index (χ2v) is 4.55. The van der Waals surface area contributed by atoms with Crippen molar-refractivity contribution < 1.29 is 23.8 Å². The number of rotatable bonds is 6. The number of amides is 1. The SMILES string of the molecule is COC(=O)c1ccc(OCC(=O)Nc2ccccc2OC)cc1. The normalized spacial score (nSPS) is 9.83. The summed E-state index contributed by atoms with van der Waals surface area (Å²) in [5, 5.41) is 2.71. The number of hydrogen-bond acceptors (Lipinski definition) is 5. The zero-order valence-electron chi connectivity index (χ0n) is 12.9. The van der Waals surface area contributed by atoms with Gasteiger partial charge in [0.1, 0.15) is 11.5 Å². The predicted octanol–water partition coefficient (Wildman–Crippen LogP) is 2.50. The number of carbonyl (C=O) groups excluding carboxylic acids is 2. The van der Waals surface area contributed by atoms with Crippen molar-refractivity contribution in [2.24, 2.45) is 0 Å². The summed E-state index contributed by atoms with van der Waals surface area (Å²) < 4.78 is 15.1. The van der Waals surface area contributed by atoms with E-state index in [1.54, 1.807) is 42.5 Å². The van der Waals surface area contributed by atoms with Gasteiger partial charge in [-0.15, -0.1) is 0 Å². The Morgan fingerprint density at radius 2 is 1.70 bits per heavy atom. The van der Waals surface area contributed by atoms with Crippen molar-refractivity contribution in [2.45, 2.75) is 0 Å². The number of hydrogen-bond donors (Lipinski definition) is 1. The molecule has 120 valence electrons. The molecule has 0 aliphatic heterocycles. The molecule has 6 nitrogen and oxygen atoms in total. The largest absolute Gasteiger partial charge is 0.495 e. The van der Waals surface area contributed by atoms with Crippen LogP contribution in [0, 0.1) is 0 Å². The van der Waals surface area contributed by atoms with Crippen molar-refractivity contribution in [2.75, 3.05) is 26.1 Å². The highest BCUT2D eigenvalue weighted by Gasteiger charge is 2.09. The standard InChI is InChI=1S/C17H17NO5/c1-21-15-6-4-3-5-14(15)18-16(19)11-23-13-9-7-12(8-10-13)17(20)22-2/h3-10H,11H2,1-2H3,(H,18,19). The molecule has 0 aliphatic rings. The fraction of sp³-hybridized carbons (Fsp3) is 0.176. The molecule has 2 aromatic carbocycles. The van der Waals surface area contributed by atoms with Crippen molar-refractivity contribution in [1.82, 2.24) is 0 Å². The Bertz CT molecular complexity index is 682. The smallest absolute Gasteiger partial charge is 0.337 e. The first-order valence-electron chi connectivity index (χ1n) is 6.88. The van der Waals surface area contributed by atoms with Gasteiger partial charge in [0.05, 0.1) is 25.5 Å². The van der Waals surface area contributed by atoms with Crippen LogP contribution < -0.4 is 14.8 Å². The molecule has 0 saturated carbocycles. The van der Waals surface area contributed by atoms with Gasteiger partial charge >= 0.3 is 5.97 Å². The van der Waals surface area contributed by atoms with Crippen LogP contribution in [0.15, 0.2) is 48.5 Å². The maximum atomic E-state index is 11.9. The predicted molar refractivity (Wildman–Crippen MR) is 84.9 cm³/mol. The fourth-order valence-corrected chi connectivity index (χ4v) is 1.89. The second kappa shape index (κ2) is 7.84. The molecule has 6 heteroatoms. The van der Waals surface area contributed by atoms with E-state index in [1.165, 1.54) is 14.2 Å². The van der Waals surface area contributed by atoms with Gasteiger partial charge in [0.2, 0.25) is 0 Å². The van der Waals surface area contributed by atoms with E-state index < -0.39 is 5.97 Å². The summed E-state index contributed by atoms with van der Waals surface area (Å²) in [7, 11) is 2.85. The first-order valence-corrected chi connectivity index (χ1v) is 6.88. The molecule has 0 unspecified atom stereocenters. The zero-order valence-corrected chi connectivity index (χ0v) is 12.9. The molecule has 0 saturated heterocycles. The van der Waals surface area contributed by atoms with Crippen LogP contribution >= 0.6 is 0 Å². The average molecular weight is 315 g/mol. The number of methoxy groups -OCH3 is 2. The van der Waals surface area contributed by atoms with Crippen molar-refractivity contribution >= 4 is 17.6 Å². The third kappa shape index (κ3) is 4.47. The van der Waals surface area contributed by atoms with Gasteiger partial charge in [-0.25, -0.2) is 4.79 Å². The van der Waals surface area contributed by atoms with Gasteiger partial charge in [-0.3, -0.25) is 4.79 Å². The van der Waals surface area contributed by atoms with Crippen molar-refractivity contribution in [1.29, 1.82) is 0 Å².